The van der Waals surface area contributed by atoms with Gasteiger partial charge in [-0.1, -0.05) is 41.9 Å². The number of hydrogen-bond acceptors (Lipinski definition) is 4. The number of benzene rings is 2. The molecule has 0 saturated heterocycles. The number of thiophene rings is 1. The maximum atomic E-state index is 12.3. The Morgan fingerprint density at radius 3 is 2.76 bits per heavy atom. The van der Waals surface area contributed by atoms with E-state index in [9.17, 15) is 4.79 Å². The number of nitrogens with one attached hydrogen (secondary N) is 1. The summed E-state index contributed by atoms with van der Waals surface area (Å²) < 4.78 is 6.28. The molecule has 1 heterocycles. The van der Waals surface area contributed by atoms with Crippen LogP contribution in [0.4, 0.5) is 0 Å². The van der Waals surface area contributed by atoms with E-state index in [0.717, 1.165) is 10.1 Å². The van der Waals surface area contributed by atoms with Gasteiger partial charge >= 0.3 is 5.97 Å². The summed E-state index contributed by atoms with van der Waals surface area (Å²) in [6, 6.07) is 14.4. The van der Waals surface area contributed by atoms with Gasteiger partial charge in [-0.25, -0.2) is 4.79 Å². The summed E-state index contributed by atoms with van der Waals surface area (Å²) in [5.41, 5.74) is 0.669. The Balaban J connectivity index is 1.93. The van der Waals surface area contributed by atoms with Crippen molar-refractivity contribution in [3.8, 4) is 5.75 Å². The largest absolute Gasteiger partial charge is 0.422 e. The molecule has 0 spiro atoms. The third-order valence-corrected chi connectivity index (χ3v) is 4.61. The first kappa shape index (κ1) is 13.8. The van der Waals surface area contributed by atoms with Crippen LogP contribution in [0.5, 0.6) is 5.75 Å². The molecule has 0 aliphatic rings. The standard InChI is InChI=1S/C16H10ClNO2S/c17-14-12-6-1-2-7-13(12)21-15(14)16(19)20-11-5-3-4-10(8-11)9-18/h1-9,18H. The highest BCUT2D eigenvalue weighted by Gasteiger charge is 2.18. The van der Waals surface area contributed by atoms with Crippen molar-refractivity contribution in [3.05, 3.63) is 64.0 Å². The van der Waals surface area contributed by atoms with Crippen LogP contribution in [0.1, 0.15) is 15.2 Å². The van der Waals surface area contributed by atoms with E-state index in [1.54, 1.807) is 24.3 Å². The van der Waals surface area contributed by atoms with Gasteiger partial charge in [-0.15, -0.1) is 11.3 Å². The maximum Gasteiger partial charge on any atom is 0.355 e. The van der Waals surface area contributed by atoms with Gasteiger partial charge in [-0.3, -0.25) is 0 Å². The molecular weight excluding hydrogens is 306 g/mol. The zero-order valence-corrected chi connectivity index (χ0v) is 12.4. The van der Waals surface area contributed by atoms with Crippen molar-refractivity contribution < 1.29 is 9.53 Å². The molecule has 1 N–H and O–H groups in total. The SMILES string of the molecule is N=Cc1cccc(OC(=O)c2sc3ccccc3c2Cl)c1. The van der Waals surface area contributed by atoms with Gasteiger partial charge in [0.15, 0.2) is 0 Å². The second-order valence-corrected chi connectivity index (χ2v) is 5.78. The molecule has 0 saturated carbocycles. The molecule has 0 radical (unpaired) electrons. The summed E-state index contributed by atoms with van der Waals surface area (Å²) in [6.45, 7) is 0. The normalized spacial score (nSPS) is 10.5. The number of esters is 1. The molecule has 0 aliphatic heterocycles. The Bertz CT molecular complexity index is 841. The lowest BCUT2D eigenvalue weighted by molar-refractivity contribution is 0.0740. The van der Waals surface area contributed by atoms with Crippen LogP contribution in [0.15, 0.2) is 48.5 Å². The van der Waals surface area contributed by atoms with E-state index in [0.29, 0.717) is 21.2 Å². The minimum atomic E-state index is -0.483. The van der Waals surface area contributed by atoms with Crippen LogP contribution in [-0.2, 0) is 0 Å². The lowest BCUT2D eigenvalue weighted by Gasteiger charge is -2.03. The fourth-order valence-electron chi connectivity index (χ4n) is 1.97. The Morgan fingerprint density at radius 2 is 2.00 bits per heavy atom. The topological polar surface area (TPSA) is 50.1 Å². The third kappa shape index (κ3) is 2.68. The molecule has 0 unspecified atom stereocenters. The molecule has 0 fully saturated rings. The fraction of sp³-hybridized carbons (Fsp3) is 0. The van der Waals surface area contributed by atoms with E-state index < -0.39 is 5.97 Å². The monoisotopic (exact) mass is 315 g/mol. The predicted molar refractivity (Wildman–Crippen MR) is 86.1 cm³/mol. The van der Waals surface area contributed by atoms with Crippen molar-refractivity contribution in [1.82, 2.24) is 0 Å². The second kappa shape index (κ2) is 5.68. The van der Waals surface area contributed by atoms with Crippen LogP contribution in [0.2, 0.25) is 5.02 Å². The van der Waals surface area contributed by atoms with Crippen molar-refractivity contribution >= 4 is 45.2 Å². The van der Waals surface area contributed by atoms with Gasteiger partial charge in [0, 0.05) is 16.3 Å². The molecular formula is C16H10ClNO2S. The van der Waals surface area contributed by atoms with E-state index in [4.69, 9.17) is 21.7 Å². The highest BCUT2D eigenvalue weighted by Crippen LogP contribution is 2.35. The highest BCUT2D eigenvalue weighted by atomic mass is 35.5. The summed E-state index contributed by atoms with van der Waals surface area (Å²) >= 11 is 7.56. The van der Waals surface area contributed by atoms with Gasteiger partial charge in [0.1, 0.15) is 10.6 Å². The second-order valence-electron chi connectivity index (χ2n) is 4.35. The number of halogens is 1. The first-order valence-corrected chi connectivity index (χ1v) is 7.38. The van der Waals surface area contributed by atoms with Gasteiger partial charge < -0.3 is 10.1 Å². The summed E-state index contributed by atoms with van der Waals surface area (Å²) in [5.74, 6) is -0.0853. The number of hydrogen-bond donors (Lipinski definition) is 1. The lowest BCUT2D eigenvalue weighted by atomic mass is 10.2. The lowest BCUT2D eigenvalue weighted by Crippen LogP contribution is -2.07. The predicted octanol–water partition coefficient (Wildman–Crippen LogP) is 4.77. The number of carbonyl (C=O) groups excluding carboxylic acids is 1. The van der Waals surface area contributed by atoms with Crippen molar-refractivity contribution in [2.75, 3.05) is 0 Å². The average Bonchev–Trinajstić information content (AvgIpc) is 2.85. The zero-order valence-electron chi connectivity index (χ0n) is 10.8. The number of ether oxygens (including phenoxy) is 1. The van der Waals surface area contributed by atoms with Crippen molar-refractivity contribution in [1.29, 1.82) is 5.41 Å². The van der Waals surface area contributed by atoms with Crippen molar-refractivity contribution in [2.45, 2.75) is 0 Å². The Kier molecular flexibility index (Phi) is 3.73. The first-order chi connectivity index (χ1) is 10.2. The number of rotatable bonds is 3. The molecule has 2 aromatic carbocycles. The number of carbonyl (C=O) groups is 1. The van der Waals surface area contributed by atoms with Gasteiger partial charge in [-0.2, -0.15) is 0 Å². The maximum absolute atomic E-state index is 12.3. The summed E-state index contributed by atoms with van der Waals surface area (Å²) in [4.78, 5) is 12.6. The minimum absolute atomic E-state index is 0.387. The molecule has 3 aromatic rings. The third-order valence-electron chi connectivity index (χ3n) is 2.96. The van der Waals surface area contributed by atoms with Gasteiger partial charge in [0.05, 0.1) is 5.02 Å². The molecule has 0 amide bonds. The van der Waals surface area contributed by atoms with E-state index in [-0.39, 0.29) is 0 Å². The molecule has 3 rings (SSSR count). The molecule has 3 nitrogen and oxygen atoms in total. The van der Waals surface area contributed by atoms with E-state index >= 15 is 0 Å². The van der Waals surface area contributed by atoms with Crippen LogP contribution in [0, 0.1) is 5.41 Å². The van der Waals surface area contributed by atoms with Gasteiger partial charge in [-0.05, 0) is 23.8 Å². The summed E-state index contributed by atoms with van der Waals surface area (Å²) in [6.07, 6.45) is 1.20. The molecule has 0 atom stereocenters. The van der Waals surface area contributed by atoms with Crippen LogP contribution in [0.3, 0.4) is 0 Å². The molecule has 5 heteroatoms. The molecule has 104 valence electrons. The Labute approximate surface area is 130 Å². The first-order valence-electron chi connectivity index (χ1n) is 6.19. The highest BCUT2D eigenvalue weighted by molar-refractivity contribution is 7.21. The number of fused-ring (bicyclic) bond motifs is 1. The smallest absolute Gasteiger partial charge is 0.355 e. The van der Waals surface area contributed by atoms with Crippen LogP contribution in [0.25, 0.3) is 10.1 Å². The fourth-order valence-corrected chi connectivity index (χ4v) is 3.35. The molecule has 0 aliphatic carbocycles. The van der Waals surface area contributed by atoms with Gasteiger partial charge in [0.25, 0.3) is 0 Å². The van der Waals surface area contributed by atoms with Gasteiger partial charge in [0.2, 0.25) is 0 Å². The molecule has 1 aromatic heterocycles. The summed E-state index contributed by atoms with van der Waals surface area (Å²) in [7, 11) is 0. The Morgan fingerprint density at radius 1 is 1.19 bits per heavy atom. The van der Waals surface area contributed by atoms with Crippen molar-refractivity contribution in [3.63, 3.8) is 0 Å². The van der Waals surface area contributed by atoms with E-state index in [1.165, 1.54) is 17.6 Å². The van der Waals surface area contributed by atoms with Crippen LogP contribution >= 0.6 is 22.9 Å². The van der Waals surface area contributed by atoms with E-state index in [1.807, 2.05) is 24.3 Å². The van der Waals surface area contributed by atoms with Crippen molar-refractivity contribution in [2.24, 2.45) is 0 Å². The van der Waals surface area contributed by atoms with Crippen LogP contribution < -0.4 is 4.74 Å². The Hall–Kier alpha value is -2.17. The van der Waals surface area contributed by atoms with Crippen LogP contribution in [-0.4, -0.2) is 12.2 Å². The van der Waals surface area contributed by atoms with E-state index in [2.05, 4.69) is 0 Å². The quantitative estimate of drug-likeness (QED) is 0.430. The molecule has 21 heavy (non-hydrogen) atoms. The summed E-state index contributed by atoms with van der Waals surface area (Å²) in [5, 5.41) is 8.48. The zero-order chi connectivity index (χ0) is 14.8. The minimum Gasteiger partial charge on any atom is -0.422 e. The average molecular weight is 316 g/mol. The molecule has 0 bridgehead atoms.